The van der Waals surface area contributed by atoms with Gasteiger partial charge in [0.25, 0.3) is 5.91 Å². The average molecular weight is 481 g/mol. The van der Waals surface area contributed by atoms with Crippen LogP contribution in [0.25, 0.3) is 10.9 Å². The number of carbonyl (C=O) groups is 1. The summed E-state index contributed by atoms with van der Waals surface area (Å²) in [7, 11) is 0. The first-order valence-electron chi connectivity index (χ1n) is 11.8. The van der Waals surface area contributed by atoms with Gasteiger partial charge in [0.15, 0.2) is 0 Å². The SMILES string of the molecule is C[C@H]1C=C[C@H](C)N1C(=O)c1cc(N2CCN(c3cccc(C(F)(F)F)c3)CC2)nc2ccccc12. The van der Waals surface area contributed by atoms with Gasteiger partial charge >= 0.3 is 6.18 Å². The first-order chi connectivity index (χ1) is 16.7. The van der Waals surface area contributed by atoms with E-state index in [-0.39, 0.29) is 18.0 Å². The molecule has 2 aliphatic heterocycles. The van der Waals surface area contributed by atoms with Crippen molar-refractivity contribution < 1.29 is 18.0 Å². The van der Waals surface area contributed by atoms with Gasteiger partial charge in [0.05, 0.1) is 16.6 Å². The fourth-order valence-corrected chi connectivity index (χ4v) is 4.96. The van der Waals surface area contributed by atoms with Gasteiger partial charge in [0.2, 0.25) is 0 Å². The van der Waals surface area contributed by atoms with Gasteiger partial charge < -0.3 is 14.7 Å². The first kappa shape index (κ1) is 23.2. The van der Waals surface area contributed by atoms with E-state index in [0.717, 1.165) is 17.0 Å². The van der Waals surface area contributed by atoms with Gasteiger partial charge in [-0.1, -0.05) is 36.4 Å². The fraction of sp³-hybridized carbons (Fsp3) is 0.333. The molecule has 1 fully saturated rings. The molecule has 3 heterocycles. The second-order valence-corrected chi connectivity index (χ2v) is 9.15. The summed E-state index contributed by atoms with van der Waals surface area (Å²) in [5.74, 6) is 0.681. The Labute approximate surface area is 202 Å². The molecule has 1 saturated heterocycles. The standard InChI is InChI=1S/C27H27F3N4O/c1-18-10-11-19(2)34(18)26(35)23-17-25(31-24-9-4-3-8-22(23)24)33-14-12-32(13-15-33)21-7-5-6-20(16-21)27(28,29)30/h3-11,16-19H,12-15H2,1-2H3/t18-,19-/m0/s1. The van der Waals surface area contributed by atoms with Gasteiger partial charge in [-0.25, -0.2) is 4.98 Å². The predicted octanol–water partition coefficient (Wildman–Crippen LogP) is 5.37. The van der Waals surface area contributed by atoms with E-state index in [9.17, 15) is 18.0 Å². The normalized spacial score (nSPS) is 20.7. The number of benzene rings is 2. The van der Waals surface area contributed by atoms with Gasteiger partial charge in [-0.05, 0) is 44.2 Å². The van der Waals surface area contributed by atoms with Gasteiger partial charge in [-0.15, -0.1) is 0 Å². The van der Waals surface area contributed by atoms with E-state index < -0.39 is 11.7 Å². The largest absolute Gasteiger partial charge is 0.416 e. The van der Waals surface area contributed by atoms with Crippen molar-refractivity contribution in [1.82, 2.24) is 9.88 Å². The van der Waals surface area contributed by atoms with Crippen LogP contribution in [0, 0.1) is 0 Å². The number of hydrogen-bond donors (Lipinski definition) is 0. The molecule has 2 aliphatic rings. The highest BCUT2D eigenvalue weighted by atomic mass is 19.4. The Balaban J connectivity index is 1.40. The van der Waals surface area contributed by atoms with E-state index in [1.807, 2.05) is 66.1 Å². The van der Waals surface area contributed by atoms with Crippen molar-refractivity contribution in [3.63, 3.8) is 0 Å². The van der Waals surface area contributed by atoms with Crippen LogP contribution in [0.2, 0.25) is 0 Å². The second kappa shape index (κ2) is 8.91. The van der Waals surface area contributed by atoms with Crippen LogP contribution >= 0.6 is 0 Å². The molecule has 0 saturated carbocycles. The molecule has 35 heavy (non-hydrogen) atoms. The molecule has 0 radical (unpaired) electrons. The van der Waals surface area contributed by atoms with Crippen molar-refractivity contribution in [3.8, 4) is 0 Å². The Kier molecular flexibility index (Phi) is 5.91. The van der Waals surface area contributed by atoms with E-state index in [1.165, 1.54) is 12.1 Å². The van der Waals surface area contributed by atoms with E-state index >= 15 is 0 Å². The maximum atomic E-state index is 13.6. The van der Waals surface area contributed by atoms with Gasteiger partial charge in [-0.2, -0.15) is 13.2 Å². The predicted molar refractivity (Wildman–Crippen MR) is 132 cm³/mol. The topological polar surface area (TPSA) is 39.7 Å². The van der Waals surface area contributed by atoms with Crippen LogP contribution in [-0.2, 0) is 6.18 Å². The summed E-state index contributed by atoms with van der Waals surface area (Å²) in [5.41, 5.74) is 1.29. The lowest BCUT2D eigenvalue weighted by atomic mass is 10.1. The van der Waals surface area contributed by atoms with Crippen LogP contribution in [0.1, 0.15) is 29.8 Å². The van der Waals surface area contributed by atoms with Crippen molar-refractivity contribution in [2.24, 2.45) is 0 Å². The Bertz CT molecular complexity index is 1270. The minimum absolute atomic E-state index is 0.0175. The lowest BCUT2D eigenvalue weighted by Crippen LogP contribution is -2.47. The van der Waals surface area contributed by atoms with Crippen LogP contribution in [0.3, 0.4) is 0 Å². The molecular weight excluding hydrogens is 453 g/mol. The number of carbonyl (C=O) groups excluding carboxylic acids is 1. The Hall–Kier alpha value is -3.55. The van der Waals surface area contributed by atoms with Crippen molar-refractivity contribution in [1.29, 1.82) is 0 Å². The lowest BCUT2D eigenvalue weighted by molar-refractivity contribution is -0.137. The van der Waals surface area contributed by atoms with Crippen molar-refractivity contribution >= 4 is 28.3 Å². The van der Waals surface area contributed by atoms with Gasteiger partial charge in [-0.3, -0.25) is 4.79 Å². The van der Waals surface area contributed by atoms with Gasteiger partial charge in [0, 0.05) is 49.3 Å². The minimum atomic E-state index is -4.37. The summed E-state index contributed by atoms with van der Waals surface area (Å²) in [4.78, 5) is 24.4. The lowest BCUT2D eigenvalue weighted by Gasteiger charge is -2.37. The number of piperazine rings is 1. The number of pyridine rings is 1. The number of halogens is 3. The average Bonchev–Trinajstić information content (AvgIpc) is 3.20. The Morgan fingerprint density at radius 2 is 1.54 bits per heavy atom. The molecule has 2 atom stereocenters. The van der Waals surface area contributed by atoms with E-state index in [1.54, 1.807) is 6.07 Å². The number of aromatic nitrogens is 1. The summed E-state index contributed by atoms with van der Waals surface area (Å²) in [5, 5.41) is 0.815. The number of fused-ring (bicyclic) bond motifs is 1. The van der Waals surface area contributed by atoms with Crippen molar-refractivity contribution in [2.75, 3.05) is 36.0 Å². The number of anilines is 2. The van der Waals surface area contributed by atoms with Gasteiger partial charge in [0.1, 0.15) is 5.82 Å². The van der Waals surface area contributed by atoms with E-state index in [2.05, 4.69) is 4.90 Å². The molecule has 5 rings (SSSR count). The second-order valence-electron chi connectivity index (χ2n) is 9.15. The fourth-order valence-electron chi connectivity index (χ4n) is 4.96. The molecule has 1 amide bonds. The van der Waals surface area contributed by atoms with E-state index in [4.69, 9.17) is 4.98 Å². The molecule has 8 heteroatoms. The molecule has 0 aliphatic carbocycles. The zero-order chi connectivity index (χ0) is 24.7. The summed E-state index contributed by atoms with van der Waals surface area (Å²) < 4.78 is 39.4. The monoisotopic (exact) mass is 480 g/mol. The third kappa shape index (κ3) is 4.45. The van der Waals surface area contributed by atoms with Crippen LogP contribution < -0.4 is 9.80 Å². The van der Waals surface area contributed by atoms with Crippen LogP contribution in [0.15, 0.2) is 66.7 Å². The third-order valence-electron chi connectivity index (χ3n) is 6.86. The number of hydrogen-bond acceptors (Lipinski definition) is 4. The molecule has 2 aromatic carbocycles. The molecular formula is C27H27F3N4O. The number of alkyl halides is 3. The molecule has 1 aromatic heterocycles. The molecule has 0 N–H and O–H groups in total. The Morgan fingerprint density at radius 1 is 0.886 bits per heavy atom. The van der Waals surface area contributed by atoms with E-state index in [0.29, 0.717) is 43.2 Å². The summed E-state index contributed by atoms with van der Waals surface area (Å²) in [6, 6.07) is 15.0. The van der Waals surface area contributed by atoms with Crippen LogP contribution in [0.5, 0.6) is 0 Å². The minimum Gasteiger partial charge on any atom is -0.368 e. The smallest absolute Gasteiger partial charge is 0.368 e. The number of rotatable bonds is 3. The summed E-state index contributed by atoms with van der Waals surface area (Å²) in [6.07, 6.45) is -0.282. The third-order valence-corrected chi connectivity index (χ3v) is 6.86. The zero-order valence-corrected chi connectivity index (χ0v) is 19.7. The van der Waals surface area contributed by atoms with Crippen LogP contribution in [-0.4, -0.2) is 54.1 Å². The first-order valence-corrected chi connectivity index (χ1v) is 11.8. The highest BCUT2D eigenvalue weighted by Crippen LogP contribution is 2.33. The highest BCUT2D eigenvalue weighted by molar-refractivity contribution is 6.07. The molecule has 3 aromatic rings. The quantitative estimate of drug-likeness (QED) is 0.473. The van der Waals surface area contributed by atoms with Crippen LogP contribution in [0.4, 0.5) is 24.7 Å². The molecule has 0 unspecified atom stereocenters. The molecule has 5 nitrogen and oxygen atoms in total. The maximum Gasteiger partial charge on any atom is 0.416 e. The zero-order valence-electron chi connectivity index (χ0n) is 19.7. The molecule has 0 bridgehead atoms. The summed E-state index contributed by atoms with van der Waals surface area (Å²) >= 11 is 0. The molecule has 0 spiro atoms. The van der Waals surface area contributed by atoms with Crippen molar-refractivity contribution in [3.05, 3.63) is 77.9 Å². The molecule has 182 valence electrons. The maximum absolute atomic E-state index is 13.6. The van der Waals surface area contributed by atoms with Crippen molar-refractivity contribution in [2.45, 2.75) is 32.1 Å². The highest BCUT2D eigenvalue weighted by Gasteiger charge is 2.32. The Morgan fingerprint density at radius 3 is 2.23 bits per heavy atom. The number of amides is 1. The number of nitrogens with zero attached hydrogens (tertiary/aromatic N) is 4. The number of para-hydroxylation sites is 1. The summed E-state index contributed by atoms with van der Waals surface area (Å²) in [6.45, 7) is 6.32.